The molecule has 5 heavy (non-hydrogen) atoms. The van der Waals surface area contributed by atoms with Gasteiger partial charge in [-0.2, -0.15) is 11.1 Å². The second-order valence-electron chi connectivity index (χ2n) is 0.905. The summed E-state index contributed by atoms with van der Waals surface area (Å²) >= 11 is 5.49. The zero-order chi connectivity index (χ0) is 4.28. The van der Waals surface area contributed by atoms with E-state index >= 15 is 0 Å². The van der Waals surface area contributed by atoms with Crippen molar-refractivity contribution in [2.75, 3.05) is 7.05 Å². The fourth-order valence-corrected chi connectivity index (χ4v) is 0. The molecule has 0 aliphatic rings. The lowest BCUT2D eigenvalue weighted by Gasteiger charge is -1.89. The molecule has 0 bridgehead atoms. The van der Waals surface area contributed by atoms with Crippen molar-refractivity contribution in [3.8, 4) is 0 Å². The van der Waals surface area contributed by atoms with Crippen LogP contribution in [0.4, 0.5) is 0 Å². The van der Waals surface area contributed by atoms with Gasteiger partial charge in [0.15, 0.2) is 0 Å². The second kappa shape index (κ2) is 2.69. The Hall–Kier alpha value is 0.467. The molecule has 0 aliphatic carbocycles. The molecule has 3 heteroatoms. The molecular formula is C2H8ClNSi. The molecule has 1 N–H and O–H groups in total. The van der Waals surface area contributed by atoms with Crippen molar-refractivity contribution in [1.82, 2.24) is 4.98 Å². The van der Waals surface area contributed by atoms with Gasteiger partial charge >= 0.3 is 0 Å². The van der Waals surface area contributed by atoms with Crippen LogP contribution < -0.4 is 4.98 Å². The summed E-state index contributed by atoms with van der Waals surface area (Å²) in [4.78, 5) is 2.93. The highest BCUT2D eigenvalue weighted by molar-refractivity contribution is 7.04. The number of hydrogen-bond donors (Lipinski definition) is 1. The van der Waals surface area contributed by atoms with E-state index in [1.54, 1.807) is 0 Å². The maximum absolute atomic E-state index is 5.49. The summed E-state index contributed by atoms with van der Waals surface area (Å²) in [5, 5.41) is 0. The van der Waals surface area contributed by atoms with Gasteiger partial charge in [0.25, 0.3) is 0 Å². The van der Waals surface area contributed by atoms with Crippen LogP contribution in [0.25, 0.3) is 0 Å². The molecule has 1 unspecified atom stereocenters. The molecule has 0 fully saturated rings. The summed E-state index contributed by atoms with van der Waals surface area (Å²) < 4.78 is 0. The van der Waals surface area contributed by atoms with Gasteiger partial charge in [-0.15, -0.1) is 0 Å². The maximum Gasteiger partial charge on any atom is 0.207 e. The minimum atomic E-state index is -0.927. The fraction of sp³-hybridized carbons (Fsp3) is 1.00. The first-order valence-electron chi connectivity index (χ1n) is 1.58. The van der Waals surface area contributed by atoms with Crippen LogP contribution in [0.5, 0.6) is 0 Å². The third kappa shape index (κ3) is 4.47. The standard InChI is InChI=1S/C2H8ClNSi/c1-4-5(2)3/h4-5H,1-2H3. The Morgan fingerprint density at radius 1 is 1.80 bits per heavy atom. The highest BCUT2D eigenvalue weighted by Crippen LogP contribution is 1.74. The Morgan fingerprint density at radius 2 is 2.00 bits per heavy atom. The highest BCUT2D eigenvalue weighted by atomic mass is 35.6. The fourth-order valence-electron chi connectivity index (χ4n) is 0. The van der Waals surface area contributed by atoms with Crippen LogP contribution in [0.15, 0.2) is 0 Å². The van der Waals surface area contributed by atoms with Gasteiger partial charge in [-0.05, 0) is 13.6 Å². The summed E-state index contributed by atoms with van der Waals surface area (Å²) in [5.74, 6) is 0. The number of nitrogens with one attached hydrogen (secondary N) is 1. The van der Waals surface area contributed by atoms with Crippen LogP contribution in [-0.4, -0.2) is 15.3 Å². The molecule has 0 rings (SSSR count). The molecule has 0 aromatic carbocycles. The van der Waals surface area contributed by atoms with Crippen LogP contribution >= 0.6 is 11.1 Å². The molecule has 0 aromatic heterocycles. The third-order valence-electron chi connectivity index (χ3n) is 0.398. The van der Waals surface area contributed by atoms with E-state index in [9.17, 15) is 0 Å². The van der Waals surface area contributed by atoms with E-state index in [1.807, 2.05) is 13.6 Å². The molecule has 32 valence electrons. The predicted octanol–water partition coefficient (Wildman–Crippen LogP) is 0.295. The molecule has 0 saturated heterocycles. The first-order valence-corrected chi connectivity index (χ1v) is 5.06. The lowest BCUT2D eigenvalue weighted by atomic mass is 11.6. The maximum atomic E-state index is 5.49. The van der Waals surface area contributed by atoms with Gasteiger partial charge in [-0.25, -0.2) is 0 Å². The molecule has 0 amide bonds. The minimum absolute atomic E-state index is 0.927. The second-order valence-corrected chi connectivity index (χ2v) is 4.68. The van der Waals surface area contributed by atoms with Crippen molar-refractivity contribution < 1.29 is 0 Å². The van der Waals surface area contributed by atoms with Crippen LogP contribution in [0.1, 0.15) is 0 Å². The molecular weight excluding hydrogens is 102 g/mol. The average molecular weight is 110 g/mol. The lowest BCUT2D eigenvalue weighted by molar-refractivity contribution is 1.24. The Kier molecular flexibility index (Phi) is 2.94. The van der Waals surface area contributed by atoms with Gasteiger partial charge in [0.1, 0.15) is 0 Å². The van der Waals surface area contributed by atoms with Crippen LogP contribution in [-0.2, 0) is 0 Å². The van der Waals surface area contributed by atoms with E-state index < -0.39 is 8.27 Å². The van der Waals surface area contributed by atoms with Crippen LogP contribution in [0.3, 0.4) is 0 Å². The summed E-state index contributed by atoms with van der Waals surface area (Å²) in [5.41, 5.74) is 0. The van der Waals surface area contributed by atoms with Crippen molar-refractivity contribution in [1.29, 1.82) is 0 Å². The molecule has 0 spiro atoms. The predicted molar refractivity (Wildman–Crippen MR) is 27.9 cm³/mol. The smallest absolute Gasteiger partial charge is 0.207 e. The van der Waals surface area contributed by atoms with Crippen molar-refractivity contribution in [2.45, 2.75) is 6.55 Å². The first-order chi connectivity index (χ1) is 2.27. The van der Waals surface area contributed by atoms with Crippen molar-refractivity contribution in [3.63, 3.8) is 0 Å². The zero-order valence-corrected chi connectivity index (χ0v) is 5.37. The highest BCUT2D eigenvalue weighted by Gasteiger charge is 1.85. The average Bonchev–Trinajstić information content (AvgIpc) is 1.38. The monoisotopic (exact) mass is 109 g/mol. The normalized spacial score (nSPS) is 15.0. The molecule has 1 nitrogen and oxygen atoms in total. The lowest BCUT2D eigenvalue weighted by Crippen LogP contribution is -2.18. The Bertz CT molecular complexity index is 23.6. The minimum Gasteiger partial charge on any atom is -0.331 e. The molecule has 0 aromatic rings. The van der Waals surface area contributed by atoms with Gasteiger partial charge in [-0.3, -0.25) is 0 Å². The van der Waals surface area contributed by atoms with Crippen LogP contribution in [0, 0.1) is 0 Å². The van der Waals surface area contributed by atoms with E-state index in [4.69, 9.17) is 11.1 Å². The van der Waals surface area contributed by atoms with E-state index in [-0.39, 0.29) is 0 Å². The van der Waals surface area contributed by atoms with E-state index in [0.717, 1.165) is 0 Å². The molecule has 0 heterocycles. The van der Waals surface area contributed by atoms with Crippen molar-refractivity contribution in [2.24, 2.45) is 0 Å². The summed E-state index contributed by atoms with van der Waals surface area (Å²) in [6.07, 6.45) is 0. The van der Waals surface area contributed by atoms with Gasteiger partial charge in [0, 0.05) is 0 Å². The van der Waals surface area contributed by atoms with Gasteiger partial charge in [-0.1, -0.05) is 0 Å². The van der Waals surface area contributed by atoms with Crippen LogP contribution in [0.2, 0.25) is 6.55 Å². The number of rotatable bonds is 1. The Morgan fingerprint density at radius 3 is 2.00 bits per heavy atom. The number of hydrogen-bond acceptors (Lipinski definition) is 1. The molecule has 1 atom stereocenters. The molecule has 0 aliphatic heterocycles. The SMILES string of the molecule is CN[SiH](C)Cl. The quantitative estimate of drug-likeness (QED) is 0.377. The van der Waals surface area contributed by atoms with E-state index in [1.165, 1.54) is 0 Å². The third-order valence-corrected chi connectivity index (χ3v) is 1.85. The van der Waals surface area contributed by atoms with Crippen molar-refractivity contribution >= 4 is 19.3 Å². The topological polar surface area (TPSA) is 12.0 Å². The van der Waals surface area contributed by atoms with E-state index in [0.29, 0.717) is 0 Å². The number of halogens is 1. The van der Waals surface area contributed by atoms with Gasteiger partial charge < -0.3 is 4.98 Å². The summed E-state index contributed by atoms with van der Waals surface area (Å²) in [6.45, 7) is 2.02. The first kappa shape index (κ1) is 5.47. The Balaban J connectivity index is 2.54. The van der Waals surface area contributed by atoms with Gasteiger partial charge in [0.05, 0.1) is 0 Å². The summed E-state index contributed by atoms with van der Waals surface area (Å²) in [7, 11) is 0.951. The summed E-state index contributed by atoms with van der Waals surface area (Å²) in [6, 6.07) is 0. The zero-order valence-electron chi connectivity index (χ0n) is 3.46. The van der Waals surface area contributed by atoms with Gasteiger partial charge in [0.2, 0.25) is 8.27 Å². The van der Waals surface area contributed by atoms with Crippen molar-refractivity contribution in [3.05, 3.63) is 0 Å². The van der Waals surface area contributed by atoms with E-state index in [2.05, 4.69) is 4.98 Å². The largest absolute Gasteiger partial charge is 0.331 e. The molecule has 0 saturated carbocycles. The molecule has 0 radical (unpaired) electrons. The Labute approximate surface area is 38.7 Å².